The Labute approximate surface area is 102 Å². The quantitative estimate of drug-likeness (QED) is 0.486. The normalized spacial score (nSPS) is 10.7. The van der Waals surface area contributed by atoms with Gasteiger partial charge in [-0.2, -0.15) is 5.26 Å². The average molecular weight is 280 g/mol. The van der Waals surface area contributed by atoms with Gasteiger partial charge in [0.1, 0.15) is 6.07 Å². The van der Waals surface area contributed by atoms with Gasteiger partial charge in [0.15, 0.2) is 0 Å². The van der Waals surface area contributed by atoms with Crippen molar-refractivity contribution in [3.05, 3.63) is 40.4 Å². The molecule has 0 aliphatic heterocycles. The Morgan fingerprint density at radius 1 is 1.56 bits per heavy atom. The summed E-state index contributed by atoms with van der Waals surface area (Å²) in [4.78, 5) is 11.2. The van der Waals surface area contributed by atoms with Crippen molar-refractivity contribution in [3.8, 4) is 6.07 Å². The van der Waals surface area contributed by atoms with E-state index in [1.807, 2.05) is 18.2 Å². The average Bonchev–Trinajstić information content (AvgIpc) is 2.27. The van der Waals surface area contributed by atoms with Crippen LogP contribution in [0, 0.1) is 11.3 Å². The van der Waals surface area contributed by atoms with Gasteiger partial charge in [0.05, 0.1) is 12.2 Å². The van der Waals surface area contributed by atoms with E-state index in [4.69, 9.17) is 10.00 Å². The van der Waals surface area contributed by atoms with E-state index in [2.05, 4.69) is 15.9 Å². The first-order chi connectivity index (χ1) is 7.69. The molecular weight excluding hydrogens is 270 g/mol. The molecule has 0 saturated carbocycles. The summed E-state index contributed by atoms with van der Waals surface area (Å²) in [7, 11) is 0. The summed E-state index contributed by atoms with van der Waals surface area (Å²) in [6.45, 7) is 2.01. The lowest BCUT2D eigenvalue weighted by molar-refractivity contribution is -0.137. The molecule has 82 valence electrons. The molecule has 0 aromatic heterocycles. The van der Waals surface area contributed by atoms with Gasteiger partial charge in [0.2, 0.25) is 0 Å². The molecule has 0 spiro atoms. The van der Waals surface area contributed by atoms with Gasteiger partial charge in [-0.15, -0.1) is 0 Å². The van der Waals surface area contributed by atoms with Crippen LogP contribution in [0.15, 0.2) is 34.8 Å². The van der Waals surface area contributed by atoms with Crippen LogP contribution in [0.5, 0.6) is 0 Å². The second kappa shape index (κ2) is 6.09. The van der Waals surface area contributed by atoms with Gasteiger partial charge in [-0.25, -0.2) is 4.79 Å². The molecule has 1 aromatic carbocycles. The first-order valence-corrected chi connectivity index (χ1v) is 5.51. The van der Waals surface area contributed by atoms with Crippen LogP contribution in [0.3, 0.4) is 0 Å². The first kappa shape index (κ1) is 12.5. The van der Waals surface area contributed by atoms with Crippen LogP contribution in [-0.4, -0.2) is 12.6 Å². The van der Waals surface area contributed by atoms with E-state index in [9.17, 15) is 4.79 Å². The van der Waals surface area contributed by atoms with Crippen LogP contribution in [0.25, 0.3) is 5.57 Å². The Morgan fingerprint density at radius 3 is 2.81 bits per heavy atom. The molecule has 0 fully saturated rings. The largest absolute Gasteiger partial charge is 0.463 e. The number of allylic oxidation sites excluding steroid dienone is 1. The van der Waals surface area contributed by atoms with Gasteiger partial charge in [-0.3, -0.25) is 0 Å². The summed E-state index contributed by atoms with van der Waals surface area (Å²) in [6.07, 6.45) is 1.20. The van der Waals surface area contributed by atoms with Crippen molar-refractivity contribution in [2.24, 2.45) is 0 Å². The number of ether oxygens (including phenoxy) is 1. The second-order valence-electron chi connectivity index (χ2n) is 2.90. The third kappa shape index (κ3) is 3.21. The molecule has 0 bridgehead atoms. The van der Waals surface area contributed by atoms with Gasteiger partial charge >= 0.3 is 5.97 Å². The zero-order chi connectivity index (χ0) is 12.0. The Bertz CT molecular complexity index is 460. The summed E-state index contributed by atoms with van der Waals surface area (Å²) in [5, 5.41) is 8.97. The molecule has 0 saturated heterocycles. The monoisotopic (exact) mass is 279 g/mol. The maximum atomic E-state index is 11.2. The fourth-order valence-corrected chi connectivity index (χ4v) is 1.65. The summed E-state index contributed by atoms with van der Waals surface area (Å²) >= 11 is 3.32. The van der Waals surface area contributed by atoms with E-state index in [0.29, 0.717) is 12.2 Å². The molecule has 4 heteroatoms. The van der Waals surface area contributed by atoms with Gasteiger partial charge < -0.3 is 4.74 Å². The van der Waals surface area contributed by atoms with Gasteiger partial charge in [-0.1, -0.05) is 34.1 Å². The zero-order valence-electron chi connectivity index (χ0n) is 8.74. The second-order valence-corrected chi connectivity index (χ2v) is 3.76. The Hall–Kier alpha value is -1.60. The minimum atomic E-state index is -0.505. The van der Waals surface area contributed by atoms with Gasteiger partial charge in [0.25, 0.3) is 0 Å². The summed E-state index contributed by atoms with van der Waals surface area (Å²) in [5.74, 6) is -0.505. The number of esters is 1. The highest BCUT2D eigenvalue weighted by Crippen LogP contribution is 2.23. The topological polar surface area (TPSA) is 50.1 Å². The van der Waals surface area contributed by atoms with E-state index < -0.39 is 5.97 Å². The molecule has 1 rings (SSSR count). The van der Waals surface area contributed by atoms with Crippen molar-refractivity contribution in [1.82, 2.24) is 0 Å². The first-order valence-electron chi connectivity index (χ1n) is 4.72. The minimum Gasteiger partial charge on any atom is -0.463 e. The lowest BCUT2D eigenvalue weighted by Crippen LogP contribution is -2.00. The molecule has 0 heterocycles. The molecule has 0 amide bonds. The minimum absolute atomic E-state index is 0.283. The predicted molar refractivity (Wildman–Crippen MR) is 64.4 cm³/mol. The van der Waals surface area contributed by atoms with Gasteiger partial charge in [-0.05, 0) is 13.0 Å². The lowest BCUT2D eigenvalue weighted by Gasteiger charge is -2.02. The van der Waals surface area contributed by atoms with Crippen molar-refractivity contribution < 1.29 is 9.53 Å². The van der Waals surface area contributed by atoms with Crippen LogP contribution >= 0.6 is 15.9 Å². The highest BCUT2D eigenvalue weighted by molar-refractivity contribution is 9.10. The third-order valence-electron chi connectivity index (χ3n) is 1.83. The van der Waals surface area contributed by atoms with E-state index in [-0.39, 0.29) is 5.57 Å². The van der Waals surface area contributed by atoms with Crippen LogP contribution in [0.1, 0.15) is 12.5 Å². The molecule has 0 N–H and O–H groups in total. The maximum absolute atomic E-state index is 11.2. The highest BCUT2D eigenvalue weighted by Gasteiger charge is 2.07. The van der Waals surface area contributed by atoms with Crippen molar-refractivity contribution in [2.45, 2.75) is 6.92 Å². The molecule has 16 heavy (non-hydrogen) atoms. The Kier molecular flexibility index (Phi) is 4.74. The number of hydrogen-bond donors (Lipinski definition) is 0. The Morgan fingerprint density at radius 2 is 2.25 bits per heavy atom. The number of rotatable bonds is 3. The van der Waals surface area contributed by atoms with Crippen LogP contribution in [-0.2, 0) is 9.53 Å². The van der Waals surface area contributed by atoms with Crippen LogP contribution in [0.4, 0.5) is 0 Å². The molecular formula is C12H10BrNO2. The molecule has 0 aliphatic rings. The number of nitriles is 1. The lowest BCUT2D eigenvalue weighted by atomic mass is 10.1. The third-order valence-corrected chi connectivity index (χ3v) is 2.52. The summed E-state index contributed by atoms with van der Waals surface area (Å²) < 4.78 is 5.52. The molecule has 0 radical (unpaired) electrons. The fourth-order valence-electron chi connectivity index (χ4n) is 1.15. The van der Waals surface area contributed by atoms with Crippen LogP contribution < -0.4 is 0 Å². The highest BCUT2D eigenvalue weighted by atomic mass is 79.9. The number of nitrogens with zero attached hydrogens (tertiary/aromatic N) is 1. The maximum Gasteiger partial charge on any atom is 0.332 e. The SMILES string of the molecule is CCOC(=O)C=C(C#N)c1ccccc1Br. The Balaban J connectivity index is 3.05. The summed E-state index contributed by atoms with van der Waals surface area (Å²) in [6, 6.07) is 9.19. The molecule has 0 unspecified atom stereocenters. The van der Waals surface area contributed by atoms with Crippen LogP contribution in [0.2, 0.25) is 0 Å². The molecule has 1 aromatic rings. The van der Waals surface area contributed by atoms with Crippen molar-refractivity contribution in [1.29, 1.82) is 5.26 Å². The zero-order valence-corrected chi connectivity index (χ0v) is 10.3. The predicted octanol–water partition coefficient (Wildman–Crippen LogP) is 2.92. The molecule has 0 atom stereocenters. The van der Waals surface area contributed by atoms with Crippen molar-refractivity contribution in [3.63, 3.8) is 0 Å². The van der Waals surface area contributed by atoms with E-state index in [0.717, 1.165) is 4.47 Å². The van der Waals surface area contributed by atoms with E-state index in [1.54, 1.807) is 19.1 Å². The van der Waals surface area contributed by atoms with E-state index >= 15 is 0 Å². The standard InChI is InChI=1S/C12H10BrNO2/c1-2-16-12(15)7-9(8-14)10-5-3-4-6-11(10)13/h3-7H,2H2,1H3. The van der Waals surface area contributed by atoms with Gasteiger partial charge in [0, 0.05) is 16.1 Å². The van der Waals surface area contributed by atoms with E-state index in [1.165, 1.54) is 6.08 Å². The molecule has 3 nitrogen and oxygen atoms in total. The molecule has 0 aliphatic carbocycles. The number of benzene rings is 1. The fraction of sp³-hybridized carbons (Fsp3) is 0.167. The number of halogens is 1. The number of hydrogen-bond acceptors (Lipinski definition) is 3. The number of carbonyl (C=O) groups is 1. The number of carbonyl (C=O) groups excluding carboxylic acids is 1. The summed E-state index contributed by atoms with van der Waals surface area (Å²) in [5.41, 5.74) is 0.962. The van der Waals surface area contributed by atoms with Crippen molar-refractivity contribution in [2.75, 3.05) is 6.61 Å². The smallest absolute Gasteiger partial charge is 0.332 e. The van der Waals surface area contributed by atoms with Crippen molar-refractivity contribution >= 4 is 27.5 Å².